The van der Waals surface area contributed by atoms with Gasteiger partial charge in [0.05, 0.1) is 17.2 Å². The second-order valence-corrected chi connectivity index (χ2v) is 4.95. The molecular formula is C11H12BrNO4. The first-order chi connectivity index (χ1) is 8.05. The Bertz CT molecular complexity index is 450. The molecular weight excluding hydrogens is 290 g/mol. The maximum atomic E-state index is 11.7. The maximum Gasteiger partial charge on any atom is 0.311 e. The molecule has 17 heavy (non-hydrogen) atoms. The smallest absolute Gasteiger partial charge is 0.311 e. The van der Waals surface area contributed by atoms with Crippen LogP contribution >= 0.6 is 15.9 Å². The Kier molecular flexibility index (Phi) is 3.24. The van der Waals surface area contributed by atoms with Crippen molar-refractivity contribution in [2.24, 2.45) is 5.41 Å². The van der Waals surface area contributed by atoms with Crippen molar-refractivity contribution in [3.63, 3.8) is 0 Å². The van der Waals surface area contributed by atoms with Crippen molar-refractivity contribution in [2.75, 3.05) is 6.54 Å². The highest BCUT2D eigenvalue weighted by molar-refractivity contribution is 9.10. The van der Waals surface area contributed by atoms with Crippen molar-refractivity contribution in [3.8, 4) is 0 Å². The lowest BCUT2D eigenvalue weighted by atomic mass is 9.69. The zero-order valence-electron chi connectivity index (χ0n) is 9.03. The van der Waals surface area contributed by atoms with E-state index in [1.54, 1.807) is 0 Å². The number of hydrogen-bond donors (Lipinski definition) is 2. The summed E-state index contributed by atoms with van der Waals surface area (Å²) in [7, 11) is 0. The number of amides is 1. The quantitative estimate of drug-likeness (QED) is 0.892. The summed E-state index contributed by atoms with van der Waals surface area (Å²) >= 11 is 3.10. The molecule has 0 spiro atoms. The van der Waals surface area contributed by atoms with Gasteiger partial charge in [-0.25, -0.2) is 0 Å². The molecule has 1 heterocycles. The summed E-state index contributed by atoms with van der Waals surface area (Å²) in [5.74, 6) is -1.16. The topological polar surface area (TPSA) is 79.5 Å². The predicted molar refractivity (Wildman–Crippen MR) is 62.7 cm³/mol. The van der Waals surface area contributed by atoms with E-state index >= 15 is 0 Å². The summed E-state index contributed by atoms with van der Waals surface area (Å²) in [5, 5.41) is 11.7. The van der Waals surface area contributed by atoms with Crippen molar-refractivity contribution in [1.82, 2.24) is 5.32 Å². The monoisotopic (exact) mass is 301 g/mol. The van der Waals surface area contributed by atoms with E-state index in [4.69, 9.17) is 9.52 Å². The number of furan rings is 1. The first-order valence-electron chi connectivity index (χ1n) is 5.30. The van der Waals surface area contributed by atoms with Crippen LogP contribution in [0, 0.1) is 5.41 Å². The van der Waals surface area contributed by atoms with Crippen LogP contribution in [0.2, 0.25) is 0 Å². The zero-order valence-corrected chi connectivity index (χ0v) is 10.6. The Hall–Kier alpha value is -1.30. The van der Waals surface area contributed by atoms with Crippen LogP contribution in [0.4, 0.5) is 0 Å². The number of halogens is 1. The van der Waals surface area contributed by atoms with E-state index in [1.165, 1.54) is 12.3 Å². The molecule has 5 nitrogen and oxygen atoms in total. The standard InChI is InChI=1S/C11H12BrNO4/c12-8-7(2-5-17-8)9(14)13-6-11(10(15)16)3-1-4-11/h2,5H,1,3-4,6H2,(H,13,14)(H,15,16). The second kappa shape index (κ2) is 4.52. The van der Waals surface area contributed by atoms with Gasteiger partial charge in [0.1, 0.15) is 0 Å². The Morgan fingerprint density at radius 3 is 2.65 bits per heavy atom. The second-order valence-electron chi connectivity index (χ2n) is 4.23. The van der Waals surface area contributed by atoms with Crippen LogP contribution in [-0.4, -0.2) is 23.5 Å². The average Bonchev–Trinajstić information content (AvgIpc) is 2.62. The van der Waals surface area contributed by atoms with Crippen LogP contribution in [0.15, 0.2) is 21.4 Å². The largest absolute Gasteiger partial charge is 0.481 e. The van der Waals surface area contributed by atoms with Crippen LogP contribution in [0.3, 0.4) is 0 Å². The van der Waals surface area contributed by atoms with Gasteiger partial charge < -0.3 is 14.8 Å². The van der Waals surface area contributed by atoms with Crippen molar-refractivity contribution >= 4 is 27.8 Å². The van der Waals surface area contributed by atoms with Gasteiger partial charge in [0.15, 0.2) is 4.67 Å². The number of rotatable bonds is 4. The van der Waals surface area contributed by atoms with E-state index in [0.717, 1.165) is 6.42 Å². The molecule has 1 aliphatic rings. The molecule has 92 valence electrons. The minimum atomic E-state index is -0.838. The van der Waals surface area contributed by atoms with E-state index in [0.29, 0.717) is 23.1 Å². The van der Waals surface area contributed by atoms with Gasteiger partial charge in [-0.05, 0) is 34.8 Å². The maximum absolute atomic E-state index is 11.7. The lowest BCUT2D eigenvalue weighted by Gasteiger charge is -2.37. The van der Waals surface area contributed by atoms with Gasteiger partial charge in [0.25, 0.3) is 5.91 Å². The molecule has 1 saturated carbocycles. The normalized spacial score (nSPS) is 17.2. The highest BCUT2D eigenvalue weighted by atomic mass is 79.9. The zero-order chi connectivity index (χ0) is 12.5. The van der Waals surface area contributed by atoms with Crippen LogP contribution in [0.1, 0.15) is 29.6 Å². The molecule has 0 radical (unpaired) electrons. The lowest BCUT2D eigenvalue weighted by molar-refractivity contribution is -0.153. The lowest BCUT2D eigenvalue weighted by Crippen LogP contribution is -2.47. The molecule has 1 aliphatic carbocycles. The van der Waals surface area contributed by atoms with Gasteiger partial charge in [0.2, 0.25) is 0 Å². The van der Waals surface area contributed by atoms with Crippen molar-refractivity contribution < 1.29 is 19.1 Å². The van der Waals surface area contributed by atoms with Crippen molar-refractivity contribution in [1.29, 1.82) is 0 Å². The van der Waals surface area contributed by atoms with Gasteiger partial charge in [-0.2, -0.15) is 0 Å². The molecule has 2 rings (SSSR count). The van der Waals surface area contributed by atoms with E-state index in [9.17, 15) is 9.59 Å². The number of aliphatic carboxylic acids is 1. The molecule has 0 aromatic carbocycles. The molecule has 1 aromatic heterocycles. The molecule has 2 N–H and O–H groups in total. The van der Waals surface area contributed by atoms with Gasteiger partial charge in [-0.15, -0.1) is 0 Å². The Morgan fingerprint density at radius 2 is 2.24 bits per heavy atom. The fourth-order valence-corrected chi connectivity index (χ4v) is 2.29. The molecule has 1 aromatic rings. The third-order valence-corrected chi connectivity index (χ3v) is 3.83. The van der Waals surface area contributed by atoms with Crippen LogP contribution in [-0.2, 0) is 4.79 Å². The Morgan fingerprint density at radius 1 is 1.53 bits per heavy atom. The van der Waals surface area contributed by atoms with Crippen LogP contribution < -0.4 is 5.32 Å². The Balaban J connectivity index is 1.97. The molecule has 6 heteroatoms. The predicted octanol–water partition coefficient (Wildman–Crippen LogP) is 2.03. The molecule has 1 amide bonds. The van der Waals surface area contributed by atoms with Gasteiger partial charge >= 0.3 is 5.97 Å². The summed E-state index contributed by atoms with van der Waals surface area (Å²) < 4.78 is 5.30. The van der Waals surface area contributed by atoms with E-state index in [-0.39, 0.29) is 12.5 Å². The van der Waals surface area contributed by atoms with Gasteiger partial charge in [-0.3, -0.25) is 9.59 Å². The summed E-state index contributed by atoms with van der Waals surface area (Å²) in [6, 6.07) is 1.54. The highest BCUT2D eigenvalue weighted by Crippen LogP contribution is 2.40. The summed E-state index contributed by atoms with van der Waals surface area (Å²) in [5.41, 5.74) is -0.392. The molecule has 0 atom stereocenters. The summed E-state index contributed by atoms with van der Waals surface area (Å²) in [4.78, 5) is 22.8. The van der Waals surface area contributed by atoms with Gasteiger partial charge in [0, 0.05) is 6.54 Å². The van der Waals surface area contributed by atoms with E-state index < -0.39 is 11.4 Å². The third kappa shape index (κ3) is 2.22. The number of carbonyl (C=O) groups excluding carboxylic acids is 1. The highest BCUT2D eigenvalue weighted by Gasteiger charge is 2.44. The number of carboxylic acid groups (broad SMARTS) is 1. The van der Waals surface area contributed by atoms with Crippen LogP contribution in [0.25, 0.3) is 0 Å². The minimum Gasteiger partial charge on any atom is -0.481 e. The van der Waals surface area contributed by atoms with Crippen LogP contribution in [0.5, 0.6) is 0 Å². The van der Waals surface area contributed by atoms with Crippen molar-refractivity contribution in [3.05, 3.63) is 22.6 Å². The van der Waals surface area contributed by atoms with E-state index in [2.05, 4.69) is 21.2 Å². The third-order valence-electron chi connectivity index (χ3n) is 3.21. The number of carbonyl (C=O) groups is 2. The van der Waals surface area contributed by atoms with Crippen molar-refractivity contribution in [2.45, 2.75) is 19.3 Å². The fourth-order valence-electron chi connectivity index (χ4n) is 1.87. The van der Waals surface area contributed by atoms with E-state index in [1.807, 2.05) is 0 Å². The minimum absolute atomic E-state index is 0.165. The molecule has 0 bridgehead atoms. The number of nitrogens with one attached hydrogen (secondary N) is 1. The molecule has 0 saturated heterocycles. The summed E-state index contributed by atoms with van der Waals surface area (Å²) in [6.45, 7) is 0.165. The summed E-state index contributed by atoms with van der Waals surface area (Å²) in [6.07, 6.45) is 3.54. The Labute approximate surface area is 106 Å². The molecule has 1 fully saturated rings. The SMILES string of the molecule is O=C(NCC1(C(=O)O)CCC1)c1ccoc1Br. The first kappa shape index (κ1) is 12.2. The molecule has 0 unspecified atom stereocenters. The number of carboxylic acids is 1. The van der Waals surface area contributed by atoms with Gasteiger partial charge in [-0.1, -0.05) is 6.42 Å². The molecule has 0 aliphatic heterocycles. The first-order valence-corrected chi connectivity index (χ1v) is 6.09. The fraction of sp³-hybridized carbons (Fsp3) is 0.455. The number of hydrogen-bond acceptors (Lipinski definition) is 3. The average molecular weight is 302 g/mol.